The van der Waals surface area contributed by atoms with Crippen LogP contribution in [0.2, 0.25) is 0 Å². The predicted molar refractivity (Wildman–Crippen MR) is 84.8 cm³/mol. The van der Waals surface area contributed by atoms with Crippen molar-refractivity contribution in [2.24, 2.45) is 0 Å². The van der Waals surface area contributed by atoms with Crippen molar-refractivity contribution >= 4 is 11.6 Å². The third-order valence-corrected chi connectivity index (χ3v) is 2.87. The Morgan fingerprint density at radius 3 is 2.40 bits per heavy atom. The first-order valence-corrected chi connectivity index (χ1v) is 7.24. The lowest BCUT2D eigenvalue weighted by molar-refractivity contribution is -0.116. The molecule has 0 heterocycles. The van der Waals surface area contributed by atoms with Crippen molar-refractivity contribution in [3.05, 3.63) is 29.8 Å². The molecule has 1 rings (SSSR count). The quantitative estimate of drug-likeness (QED) is 0.717. The number of hydrogen-bond donors (Lipinski definition) is 2. The summed E-state index contributed by atoms with van der Waals surface area (Å²) in [7, 11) is 4.09. The Bertz CT molecular complexity index is 399. The van der Waals surface area contributed by atoms with Gasteiger partial charge in [-0.05, 0) is 44.8 Å². The van der Waals surface area contributed by atoms with Gasteiger partial charge in [-0.3, -0.25) is 4.79 Å². The van der Waals surface area contributed by atoms with Crippen LogP contribution < -0.4 is 10.6 Å². The van der Waals surface area contributed by atoms with E-state index in [4.69, 9.17) is 0 Å². The first-order valence-electron chi connectivity index (χ1n) is 7.24. The molecule has 0 bridgehead atoms. The van der Waals surface area contributed by atoms with Gasteiger partial charge in [-0.15, -0.1) is 0 Å². The SMILES string of the molecule is CC(C)NCCCC(=O)Nc1ccc(CN(C)C)cc1. The minimum atomic E-state index is 0.0796. The van der Waals surface area contributed by atoms with Gasteiger partial charge in [0.05, 0.1) is 0 Å². The second kappa shape index (κ2) is 8.72. The van der Waals surface area contributed by atoms with Gasteiger partial charge in [0.2, 0.25) is 5.91 Å². The van der Waals surface area contributed by atoms with Gasteiger partial charge >= 0.3 is 0 Å². The normalized spacial score (nSPS) is 11.1. The molecule has 112 valence electrons. The summed E-state index contributed by atoms with van der Waals surface area (Å²) >= 11 is 0. The largest absolute Gasteiger partial charge is 0.326 e. The van der Waals surface area contributed by atoms with Crippen molar-refractivity contribution in [1.29, 1.82) is 0 Å². The van der Waals surface area contributed by atoms with Gasteiger partial charge < -0.3 is 15.5 Å². The second-order valence-corrected chi connectivity index (χ2v) is 5.70. The first-order chi connectivity index (χ1) is 9.47. The molecule has 0 aliphatic carbocycles. The lowest BCUT2D eigenvalue weighted by Gasteiger charge is -2.11. The van der Waals surface area contributed by atoms with E-state index in [0.29, 0.717) is 12.5 Å². The molecule has 0 saturated carbocycles. The molecular formula is C16H27N3O. The number of nitrogens with one attached hydrogen (secondary N) is 2. The van der Waals surface area contributed by atoms with Crippen molar-refractivity contribution in [2.75, 3.05) is 26.0 Å². The standard InChI is InChI=1S/C16H27N3O/c1-13(2)17-11-5-6-16(20)18-15-9-7-14(8-10-15)12-19(3)4/h7-10,13,17H,5-6,11-12H2,1-4H3,(H,18,20). The first kappa shape index (κ1) is 16.7. The summed E-state index contributed by atoms with van der Waals surface area (Å²) in [5, 5.41) is 6.24. The van der Waals surface area contributed by atoms with Crippen molar-refractivity contribution in [2.45, 2.75) is 39.3 Å². The minimum Gasteiger partial charge on any atom is -0.326 e. The minimum absolute atomic E-state index is 0.0796. The van der Waals surface area contributed by atoms with Gasteiger partial charge in [0.1, 0.15) is 0 Å². The third-order valence-electron chi connectivity index (χ3n) is 2.87. The summed E-state index contributed by atoms with van der Waals surface area (Å²) in [6.07, 6.45) is 1.42. The highest BCUT2D eigenvalue weighted by Crippen LogP contribution is 2.11. The molecule has 20 heavy (non-hydrogen) atoms. The number of carbonyl (C=O) groups excluding carboxylic acids is 1. The van der Waals surface area contributed by atoms with Crippen molar-refractivity contribution < 1.29 is 4.79 Å². The van der Waals surface area contributed by atoms with Crippen LogP contribution >= 0.6 is 0 Å². The molecule has 0 radical (unpaired) electrons. The molecule has 0 spiro atoms. The second-order valence-electron chi connectivity index (χ2n) is 5.70. The van der Waals surface area contributed by atoms with Gasteiger partial charge in [-0.1, -0.05) is 26.0 Å². The Labute approximate surface area is 122 Å². The average Bonchev–Trinajstić information content (AvgIpc) is 2.36. The van der Waals surface area contributed by atoms with E-state index in [1.165, 1.54) is 5.56 Å². The van der Waals surface area contributed by atoms with Crippen LogP contribution in [0.5, 0.6) is 0 Å². The lowest BCUT2D eigenvalue weighted by Crippen LogP contribution is -2.24. The van der Waals surface area contributed by atoms with E-state index in [2.05, 4.69) is 41.5 Å². The van der Waals surface area contributed by atoms with Crippen molar-refractivity contribution in [1.82, 2.24) is 10.2 Å². The number of rotatable bonds is 8. The molecule has 1 aromatic rings. The van der Waals surface area contributed by atoms with E-state index in [9.17, 15) is 4.79 Å². The highest BCUT2D eigenvalue weighted by Gasteiger charge is 2.03. The predicted octanol–water partition coefficient (Wildman–Crippen LogP) is 2.46. The van der Waals surface area contributed by atoms with Gasteiger partial charge in [0.15, 0.2) is 0 Å². The van der Waals surface area contributed by atoms with E-state index < -0.39 is 0 Å². The molecule has 0 fully saturated rings. The molecule has 0 aliphatic rings. The van der Waals surface area contributed by atoms with Gasteiger partial charge in [0.25, 0.3) is 0 Å². The van der Waals surface area contributed by atoms with Gasteiger partial charge in [-0.2, -0.15) is 0 Å². The Balaban J connectivity index is 2.31. The number of benzene rings is 1. The maximum Gasteiger partial charge on any atom is 0.224 e. The summed E-state index contributed by atoms with van der Waals surface area (Å²) in [5.41, 5.74) is 2.11. The zero-order valence-corrected chi connectivity index (χ0v) is 13.1. The Kier molecular flexibility index (Phi) is 7.26. The van der Waals surface area contributed by atoms with Crippen LogP contribution in [-0.2, 0) is 11.3 Å². The fourth-order valence-corrected chi connectivity index (χ4v) is 1.92. The number of nitrogens with zero attached hydrogens (tertiary/aromatic N) is 1. The molecule has 0 unspecified atom stereocenters. The Morgan fingerprint density at radius 1 is 1.20 bits per heavy atom. The van der Waals surface area contributed by atoms with Crippen LogP contribution in [0.15, 0.2) is 24.3 Å². The molecule has 0 saturated heterocycles. The summed E-state index contributed by atoms with van der Waals surface area (Å²) in [5.74, 6) is 0.0796. The topological polar surface area (TPSA) is 44.4 Å². The van der Waals surface area contributed by atoms with E-state index in [1.54, 1.807) is 0 Å². The van der Waals surface area contributed by atoms with Crippen LogP contribution in [0.3, 0.4) is 0 Å². The van der Waals surface area contributed by atoms with Crippen molar-refractivity contribution in [3.63, 3.8) is 0 Å². The monoisotopic (exact) mass is 277 g/mol. The molecule has 0 aromatic heterocycles. The zero-order valence-electron chi connectivity index (χ0n) is 13.1. The van der Waals surface area contributed by atoms with Crippen LogP contribution in [0.25, 0.3) is 0 Å². The number of amides is 1. The molecule has 1 amide bonds. The van der Waals surface area contributed by atoms with Crippen LogP contribution in [0.1, 0.15) is 32.3 Å². The van der Waals surface area contributed by atoms with E-state index in [0.717, 1.165) is 25.2 Å². The highest BCUT2D eigenvalue weighted by molar-refractivity contribution is 5.90. The van der Waals surface area contributed by atoms with E-state index in [1.807, 2.05) is 26.2 Å². The number of carbonyl (C=O) groups is 1. The fraction of sp³-hybridized carbons (Fsp3) is 0.562. The zero-order chi connectivity index (χ0) is 15.0. The number of hydrogen-bond acceptors (Lipinski definition) is 3. The smallest absolute Gasteiger partial charge is 0.224 e. The molecule has 4 heteroatoms. The molecule has 0 aliphatic heterocycles. The summed E-state index contributed by atoms with van der Waals surface area (Å²) < 4.78 is 0. The molecule has 4 nitrogen and oxygen atoms in total. The molecular weight excluding hydrogens is 250 g/mol. The average molecular weight is 277 g/mol. The highest BCUT2D eigenvalue weighted by atomic mass is 16.1. The lowest BCUT2D eigenvalue weighted by atomic mass is 10.2. The van der Waals surface area contributed by atoms with Crippen LogP contribution in [0, 0.1) is 0 Å². The Morgan fingerprint density at radius 2 is 1.85 bits per heavy atom. The van der Waals surface area contributed by atoms with Gasteiger partial charge in [-0.25, -0.2) is 0 Å². The number of anilines is 1. The molecule has 2 N–H and O–H groups in total. The fourth-order valence-electron chi connectivity index (χ4n) is 1.92. The maximum absolute atomic E-state index is 11.8. The Hall–Kier alpha value is -1.39. The van der Waals surface area contributed by atoms with Crippen molar-refractivity contribution in [3.8, 4) is 0 Å². The summed E-state index contributed by atoms with van der Waals surface area (Å²) in [6.45, 7) is 6.01. The summed E-state index contributed by atoms with van der Waals surface area (Å²) in [6, 6.07) is 8.50. The maximum atomic E-state index is 11.8. The van der Waals surface area contributed by atoms with E-state index >= 15 is 0 Å². The van der Waals surface area contributed by atoms with Gasteiger partial charge in [0, 0.05) is 24.7 Å². The molecule has 1 aromatic carbocycles. The van der Waals surface area contributed by atoms with E-state index in [-0.39, 0.29) is 5.91 Å². The summed E-state index contributed by atoms with van der Waals surface area (Å²) in [4.78, 5) is 13.9. The molecule has 0 atom stereocenters. The third kappa shape index (κ3) is 7.26. The van der Waals surface area contributed by atoms with Crippen LogP contribution in [-0.4, -0.2) is 37.5 Å². The van der Waals surface area contributed by atoms with Crippen LogP contribution in [0.4, 0.5) is 5.69 Å².